The summed E-state index contributed by atoms with van der Waals surface area (Å²) in [6.45, 7) is 4.95. The highest BCUT2D eigenvalue weighted by Gasteiger charge is 2.17. The number of nitro groups is 1. The van der Waals surface area contributed by atoms with Crippen molar-refractivity contribution in [3.8, 4) is 5.88 Å². The number of aromatic amines is 1. The van der Waals surface area contributed by atoms with E-state index in [0.717, 1.165) is 0 Å². The third-order valence-corrected chi connectivity index (χ3v) is 4.39. The number of azo groups is 1. The Morgan fingerprint density at radius 2 is 1.89 bits per heavy atom. The van der Waals surface area contributed by atoms with E-state index >= 15 is 0 Å². The number of amides is 1. The molecule has 1 amide bonds. The Hall–Kier alpha value is -3.75. The Bertz CT molecular complexity index is 1070. The van der Waals surface area contributed by atoms with Gasteiger partial charge in [-0.3, -0.25) is 14.9 Å². The molecule has 3 aromatic rings. The van der Waals surface area contributed by atoms with Crippen molar-refractivity contribution in [2.45, 2.75) is 13.8 Å². The van der Waals surface area contributed by atoms with Crippen LogP contribution >= 0.6 is 0 Å². The van der Waals surface area contributed by atoms with Gasteiger partial charge in [-0.1, -0.05) is 12.1 Å². The molecule has 9 nitrogen and oxygen atoms in total. The summed E-state index contributed by atoms with van der Waals surface area (Å²) in [4.78, 5) is 27.6. The van der Waals surface area contributed by atoms with Gasteiger partial charge >= 0.3 is 0 Å². The van der Waals surface area contributed by atoms with Gasteiger partial charge in [0.1, 0.15) is 0 Å². The highest BCUT2D eigenvalue weighted by atomic mass is 16.6. The Kier molecular flexibility index (Phi) is 5.35. The summed E-state index contributed by atoms with van der Waals surface area (Å²) in [6, 6.07) is 10.9. The zero-order valence-corrected chi connectivity index (χ0v) is 15.4. The van der Waals surface area contributed by atoms with Crippen LogP contribution in [0, 0.1) is 10.1 Å². The van der Waals surface area contributed by atoms with Crippen LogP contribution in [0.15, 0.2) is 52.7 Å². The number of hydrogen-bond donors (Lipinski definition) is 2. The van der Waals surface area contributed by atoms with Crippen molar-refractivity contribution < 1.29 is 14.8 Å². The van der Waals surface area contributed by atoms with Gasteiger partial charge in [0.05, 0.1) is 10.4 Å². The maximum Gasteiger partial charge on any atom is 0.296 e. The van der Waals surface area contributed by atoms with Gasteiger partial charge in [-0.25, -0.2) is 0 Å². The summed E-state index contributed by atoms with van der Waals surface area (Å²) in [5.41, 5.74) is 1.02. The topological polar surface area (TPSA) is 124 Å². The SMILES string of the molecule is CCN(CC)C(=O)c1ccc2[nH]c(O)c(N=Nc3ccccc3[N+](=O)[O-])c2c1. The monoisotopic (exact) mass is 381 g/mol. The molecule has 144 valence electrons. The van der Waals surface area contributed by atoms with Gasteiger partial charge in [0.25, 0.3) is 11.6 Å². The molecule has 0 aliphatic carbocycles. The highest BCUT2D eigenvalue weighted by Crippen LogP contribution is 2.38. The number of fused-ring (bicyclic) bond motifs is 1. The molecule has 0 unspecified atom stereocenters. The molecule has 2 N–H and O–H groups in total. The van der Waals surface area contributed by atoms with Crippen LogP contribution in [0.2, 0.25) is 0 Å². The Morgan fingerprint density at radius 1 is 1.18 bits per heavy atom. The zero-order chi connectivity index (χ0) is 20.3. The summed E-state index contributed by atoms with van der Waals surface area (Å²) >= 11 is 0. The summed E-state index contributed by atoms with van der Waals surface area (Å²) in [7, 11) is 0. The van der Waals surface area contributed by atoms with Crippen LogP contribution in [0.3, 0.4) is 0 Å². The summed E-state index contributed by atoms with van der Waals surface area (Å²) in [5.74, 6) is -0.362. The molecule has 0 aliphatic rings. The quantitative estimate of drug-likeness (QED) is 0.365. The molecule has 0 aliphatic heterocycles. The Balaban J connectivity index is 2.04. The molecular weight excluding hydrogens is 362 g/mol. The number of carbonyl (C=O) groups excluding carboxylic acids is 1. The maximum absolute atomic E-state index is 12.6. The number of benzene rings is 2. The number of para-hydroxylation sites is 1. The first kappa shape index (κ1) is 19.0. The van der Waals surface area contributed by atoms with Crippen molar-refractivity contribution in [1.29, 1.82) is 0 Å². The third-order valence-electron chi connectivity index (χ3n) is 4.39. The van der Waals surface area contributed by atoms with E-state index in [1.165, 1.54) is 18.2 Å². The van der Waals surface area contributed by atoms with Crippen molar-refractivity contribution in [2.24, 2.45) is 10.2 Å². The molecule has 2 aromatic carbocycles. The fraction of sp³-hybridized carbons (Fsp3) is 0.211. The predicted molar refractivity (Wildman–Crippen MR) is 104 cm³/mol. The molecule has 0 fully saturated rings. The number of H-pyrrole nitrogens is 1. The smallest absolute Gasteiger partial charge is 0.296 e. The van der Waals surface area contributed by atoms with Gasteiger partial charge < -0.3 is 15.0 Å². The normalized spacial score (nSPS) is 11.2. The van der Waals surface area contributed by atoms with Crippen LogP contribution in [0.5, 0.6) is 5.88 Å². The summed E-state index contributed by atoms with van der Waals surface area (Å²) < 4.78 is 0. The van der Waals surface area contributed by atoms with E-state index in [9.17, 15) is 20.0 Å². The number of hydrogen-bond acceptors (Lipinski definition) is 6. The standard InChI is InChI=1S/C19H19N5O4/c1-3-23(4-2)19(26)12-9-10-14-13(11-12)17(18(25)20-14)22-21-15-7-5-6-8-16(15)24(27)28/h5-11,20,25H,3-4H2,1-2H3. The Labute approximate surface area is 160 Å². The van der Waals surface area contributed by atoms with E-state index in [4.69, 9.17) is 0 Å². The molecule has 9 heteroatoms. The Morgan fingerprint density at radius 3 is 2.57 bits per heavy atom. The number of nitro benzene ring substituents is 1. The van der Waals surface area contributed by atoms with Crippen LogP contribution < -0.4 is 0 Å². The van der Waals surface area contributed by atoms with Gasteiger partial charge in [-0.2, -0.15) is 0 Å². The average molecular weight is 381 g/mol. The van der Waals surface area contributed by atoms with Gasteiger partial charge in [0, 0.05) is 30.1 Å². The van der Waals surface area contributed by atoms with Gasteiger partial charge in [-0.05, 0) is 38.1 Å². The average Bonchev–Trinajstić information content (AvgIpc) is 3.01. The van der Waals surface area contributed by atoms with E-state index in [1.807, 2.05) is 13.8 Å². The second-order valence-electron chi connectivity index (χ2n) is 6.01. The molecule has 1 aromatic heterocycles. The minimum Gasteiger partial charge on any atom is -0.493 e. The van der Waals surface area contributed by atoms with Gasteiger partial charge in [0.15, 0.2) is 11.4 Å². The van der Waals surface area contributed by atoms with E-state index in [1.54, 1.807) is 29.2 Å². The minimum atomic E-state index is -0.551. The lowest BCUT2D eigenvalue weighted by Gasteiger charge is -2.18. The number of carbonyl (C=O) groups is 1. The van der Waals surface area contributed by atoms with E-state index in [2.05, 4.69) is 15.2 Å². The molecule has 0 atom stereocenters. The van der Waals surface area contributed by atoms with Crippen molar-refractivity contribution in [2.75, 3.05) is 13.1 Å². The predicted octanol–water partition coefficient (Wildman–Crippen LogP) is 4.68. The molecule has 0 saturated carbocycles. The van der Waals surface area contributed by atoms with Crippen molar-refractivity contribution in [3.63, 3.8) is 0 Å². The number of nitrogens with one attached hydrogen (secondary N) is 1. The molecule has 28 heavy (non-hydrogen) atoms. The fourth-order valence-corrected chi connectivity index (χ4v) is 2.90. The van der Waals surface area contributed by atoms with Crippen LogP contribution in [0.4, 0.5) is 17.1 Å². The molecule has 1 heterocycles. The summed E-state index contributed by atoms with van der Waals surface area (Å²) in [6.07, 6.45) is 0. The molecule has 0 radical (unpaired) electrons. The summed E-state index contributed by atoms with van der Waals surface area (Å²) in [5, 5.41) is 29.7. The second kappa shape index (κ2) is 7.87. The highest BCUT2D eigenvalue weighted by molar-refractivity contribution is 6.02. The van der Waals surface area contributed by atoms with Gasteiger partial charge in [-0.15, -0.1) is 10.2 Å². The second-order valence-corrected chi connectivity index (χ2v) is 6.01. The van der Waals surface area contributed by atoms with E-state index in [0.29, 0.717) is 29.6 Å². The van der Waals surface area contributed by atoms with Crippen molar-refractivity contribution in [3.05, 3.63) is 58.1 Å². The molecule has 0 spiro atoms. The third kappa shape index (κ3) is 3.54. The number of nitrogens with zero attached hydrogens (tertiary/aromatic N) is 4. The maximum atomic E-state index is 12.6. The minimum absolute atomic E-state index is 0.0663. The molecular formula is C19H19N5O4. The van der Waals surface area contributed by atoms with E-state index < -0.39 is 4.92 Å². The first-order chi connectivity index (χ1) is 13.5. The van der Waals surface area contributed by atoms with Crippen LogP contribution in [0.25, 0.3) is 10.9 Å². The molecule has 3 rings (SSSR count). The molecule has 0 saturated heterocycles. The number of rotatable bonds is 6. The fourth-order valence-electron chi connectivity index (χ4n) is 2.90. The van der Waals surface area contributed by atoms with Crippen LogP contribution in [-0.4, -0.2) is 38.9 Å². The van der Waals surface area contributed by atoms with Crippen LogP contribution in [0.1, 0.15) is 24.2 Å². The largest absolute Gasteiger partial charge is 0.493 e. The molecule has 0 bridgehead atoms. The van der Waals surface area contributed by atoms with Crippen molar-refractivity contribution in [1.82, 2.24) is 9.88 Å². The lowest BCUT2D eigenvalue weighted by atomic mass is 10.1. The zero-order valence-electron chi connectivity index (χ0n) is 15.4. The lowest BCUT2D eigenvalue weighted by Crippen LogP contribution is -2.30. The van der Waals surface area contributed by atoms with Gasteiger partial charge in [0.2, 0.25) is 5.88 Å². The first-order valence-corrected chi connectivity index (χ1v) is 8.75. The number of aromatic hydroxyl groups is 1. The van der Waals surface area contributed by atoms with E-state index in [-0.39, 0.29) is 28.8 Å². The van der Waals surface area contributed by atoms with Crippen molar-refractivity contribution >= 4 is 33.9 Å². The lowest BCUT2D eigenvalue weighted by molar-refractivity contribution is -0.384. The number of aromatic nitrogens is 1. The first-order valence-electron chi connectivity index (χ1n) is 8.75. The van der Waals surface area contributed by atoms with Crippen LogP contribution in [-0.2, 0) is 0 Å².